The first kappa shape index (κ1) is 52.1. The summed E-state index contributed by atoms with van der Waals surface area (Å²) in [5.41, 5.74) is -3.40. The molecule has 1 aromatic rings. The van der Waals surface area contributed by atoms with Gasteiger partial charge in [-0.15, -0.1) is 0 Å². The molecule has 3 fully saturated rings. The Hall–Kier alpha value is -2.48. The molecular formula is C46H79N3O13. The number of methoxy groups -OCH3 is 1. The van der Waals surface area contributed by atoms with Crippen LogP contribution in [0, 0.1) is 23.7 Å². The Balaban J connectivity index is 1.83. The third kappa shape index (κ3) is 12.0. The summed E-state index contributed by atoms with van der Waals surface area (Å²) in [7, 11) is 7.19. The Morgan fingerprint density at radius 2 is 1.53 bits per heavy atom. The van der Waals surface area contributed by atoms with Crippen LogP contribution in [0.5, 0.6) is 0 Å². The van der Waals surface area contributed by atoms with Crippen molar-refractivity contribution in [2.45, 2.75) is 179 Å². The number of carbonyl (C=O) groups is 1. The standard InChI is InChI=1S/C46H79N3O13/c1-15-34-46(10,55)39(51)28(4)36(47-57-22-21-49(13)32-19-17-16-18-20-32)26(2)24-44(8,54)41(62-43-37(50)33(48(11)12)23-27(3)58-43)29(5)38(30(6)42(53)60-34)61-35-25-45(9,56-14)40(52)31(7)59-35/h16-20,26-31,33-35,37-41,43,50-52,54-55H,15,21-25H2,1-14H3/b47-36+/t26-,27-,28+,29+,30-,31+,33+,34-,35+,37-,38+,39-,40+,41-,43+,44-,45-,46-/m1/s1. The minimum Gasteiger partial charge on any atom is -0.459 e. The molecule has 0 unspecified atom stereocenters. The summed E-state index contributed by atoms with van der Waals surface area (Å²) in [6.45, 7) is 17.9. The van der Waals surface area contributed by atoms with Crippen LogP contribution in [-0.2, 0) is 38.1 Å². The van der Waals surface area contributed by atoms with E-state index >= 15 is 0 Å². The van der Waals surface area contributed by atoms with E-state index in [4.69, 9.17) is 33.3 Å². The summed E-state index contributed by atoms with van der Waals surface area (Å²) in [5.74, 6) is -4.05. The van der Waals surface area contributed by atoms with E-state index < -0.39 is 102 Å². The number of likely N-dealkylation sites (N-methyl/N-ethyl adjacent to an activating group) is 2. The van der Waals surface area contributed by atoms with Gasteiger partial charge in [0, 0.05) is 50.1 Å². The van der Waals surface area contributed by atoms with Crippen LogP contribution in [0.15, 0.2) is 35.5 Å². The second kappa shape index (κ2) is 21.7. The molecule has 5 N–H and O–H groups in total. The lowest BCUT2D eigenvalue weighted by atomic mass is 9.73. The van der Waals surface area contributed by atoms with E-state index in [0.717, 1.165) is 5.69 Å². The van der Waals surface area contributed by atoms with Crippen molar-refractivity contribution in [1.82, 2.24) is 4.90 Å². The molecule has 3 saturated heterocycles. The lowest BCUT2D eigenvalue weighted by molar-refractivity contribution is -0.317. The summed E-state index contributed by atoms with van der Waals surface area (Å²) >= 11 is 0. The third-order valence-electron chi connectivity index (χ3n) is 13.7. The van der Waals surface area contributed by atoms with E-state index in [1.807, 2.05) is 75.1 Å². The van der Waals surface area contributed by atoms with E-state index in [1.165, 1.54) is 14.0 Å². The molecule has 0 spiro atoms. The predicted molar refractivity (Wildman–Crippen MR) is 234 cm³/mol. The van der Waals surface area contributed by atoms with Gasteiger partial charge in [-0.25, -0.2) is 0 Å². The van der Waals surface area contributed by atoms with Crippen molar-refractivity contribution in [3.8, 4) is 0 Å². The lowest BCUT2D eigenvalue weighted by Crippen LogP contribution is -2.61. The highest BCUT2D eigenvalue weighted by Gasteiger charge is 2.53. The molecule has 3 heterocycles. The van der Waals surface area contributed by atoms with E-state index in [2.05, 4.69) is 5.16 Å². The summed E-state index contributed by atoms with van der Waals surface area (Å²) in [6.07, 6.45) is -9.37. The van der Waals surface area contributed by atoms with Crippen LogP contribution >= 0.6 is 0 Å². The number of benzene rings is 1. The van der Waals surface area contributed by atoms with Crippen molar-refractivity contribution in [2.24, 2.45) is 28.8 Å². The molecule has 4 rings (SSSR count). The predicted octanol–water partition coefficient (Wildman–Crippen LogP) is 3.73. The largest absolute Gasteiger partial charge is 0.459 e. The van der Waals surface area contributed by atoms with Crippen LogP contribution in [0.3, 0.4) is 0 Å². The second-order valence-electron chi connectivity index (χ2n) is 19.2. The Bertz CT molecular complexity index is 1580. The number of esters is 1. The number of anilines is 1. The fourth-order valence-electron chi connectivity index (χ4n) is 9.70. The molecule has 1 aromatic carbocycles. The second-order valence-corrected chi connectivity index (χ2v) is 19.2. The highest BCUT2D eigenvalue weighted by atomic mass is 16.7. The fraction of sp³-hybridized carbons (Fsp3) is 0.826. The van der Waals surface area contributed by atoms with Gasteiger partial charge in [-0.1, -0.05) is 51.0 Å². The summed E-state index contributed by atoms with van der Waals surface area (Å²) in [6, 6.07) is 9.50. The zero-order valence-corrected chi connectivity index (χ0v) is 39.6. The minimum absolute atomic E-state index is 0.00352. The first-order valence-electron chi connectivity index (χ1n) is 22.4. The molecule has 0 aliphatic carbocycles. The number of hydrogen-bond acceptors (Lipinski definition) is 16. The monoisotopic (exact) mass is 882 g/mol. The van der Waals surface area contributed by atoms with E-state index in [-0.39, 0.29) is 38.0 Å². The van der Waals surface area contributed by atoms with Crippen LogP contribution in [0.1, 0.15) is 94.9 Å². The smallest absolute Gasteiger partial charge is 0.311 e. The summed E-state index contributed by atoms with van der Waals surface area (Å²) < 4.78 is 37.9. The highest BCUT2D eigenvalue weighted by Crippen LogP contribution is 2.41. The first-order chi connectivity index (χ1) is 28.9. The average molecular weight is 882 g/mol. The lowest BCUT2D eigenvalue weighted by Gasteiger charge is -2.49. The number of rotatable bonds is 12. The van der Waals surface area contributed by atoms with Gasteiger partial charge < -0.3 is 68.6 Å². The normalized spacial score (nSPS) is 43.5. The Kier molecular flexibility index (Phi) is 18.2. The molecule has 0 radical (unpaired) electrons. The summed E-state index contributed by atoms with van der Waals surface area (Å²) in [4.78, 5) is 24.3. The molecule has 356 valence electrons. The molecule has 16 nitrogen and oxygen atoms in total. The molecule has 0 saturated carbocycles. The number of cyclic esters (lactones) is 1. The van der Waals surface area contributed by atoms with Crippen molar-refractivity contribution in [3.05, 3.63) is 30.3 Å². The van der Waals surface area contributed by atoms with Crippen LogP contribution in [0.25, 0.3) is 0 Å². The van der Waals surface area contributed by atoms with Gasteiger partial charge in [-0.2, -0.15) is 0 Å². The molecule has 3 aliphatic heterocycles. The molecular weight excluding hydrogens is 803 g/mol. The maximum absolute atomic E-state index is 14.4. The maximum Gasteiger partial charge on any atom is 0.311 e. The minimum atomic E-state index is -1.95. The number of aliphatic hydroxyl groups is 5. The van der Waals surface area contributed by atoms with Crippen LogP contribution in [0.4, 0.5) is 5.69 Å². The number of ether oxygens (including phenoxy) is 6. The molecule has 0 bridgehead atoms. The van der Waals surface area contributed by atoms with Crippen molar-refractivity contribution in [1.29, 1.82) is 0 Å². The Morgan fingerprint density at radius 1 is 0.887 bits per heavy atom. The zero-order valence-electron chi connectivity index (χ0n) is 39.6. The van der Waals surface area contributed by atoms with Gasteiger partial charge in [-0.05, 0) is 87.0 Å². The molecule has 16 heteroatoms. The van der Waals surface area contributed by atoms with Crippen LogP contribution < -0.4 is 4.90 Å². The van der Waals surface area contributed by atoms with E-state index in [0.29, 0.717) is 18.7 Å². The molecule has 18 atom stereocenters. The van der Waals surface area contributed by atoms with Gasteiger partial charge in [0.25, 0.3) is 0 Å². The maximum atomic E-state index is 14.4. The van der Waals surface area contributed by atoms with Crippen LogP contribution in [-0.4, -0.2) is 168 Å². The highest BCUT2D eigenvalue weighted by molar-refractivity contribution is 5.88. The number of carbonyl (C=O) groups excluding carboxylic acids is 1. The van der Waals surface area contributed by atoms with E-state index in [9.17, 15) is 30.3 Å². The van der Waals surface area contributed by atoms with Gasteiger partial charge >= 0.3 is 5.97 Å². The van der Waals surface area contributed by atoms with Crippen molar-refractivity contribution < 1.29 is 63.6 Å². The van der Waals surface area contributed by atoms with E-state index in [1.54, 1.807) is 48.5 Å². The van der Waals surface area contributed by atoms with Gasteiger partial charge in [0.2, 0.25) is 0 Å². The molecule has 62 heavy (non-hydrogen) atoms. The quantitative estimate of drug-likeness (QED) is 0.116. The SMILES string of the molecule is CC[C@H]1OC(=O)[C@H](C)[C@@H](O[C@H]2C[C@@](C)(OC)[C@@H](O)[C@H](C)O2)[C@H](C)[C@@H](O[C@@H]2O[C@H](C)C[C@H](N(C)C)[C@H]2O)[C@](C)(O)C[C@@H](C)/C(=N\OCCN(C)c2ccccc2)[C@H](C)[C@@H](O)[C@]1(C)O. The summed E-state index contributed by atoms with van der Waals surface area (Å²) in [5, 5.41) is 64.3. The first-order valence-corrected chi connectivity index (χ1v) is 22.4. The molecule has 0 aromatic heterocycles. The number of nitrogens with zero attached hydrogens (tertiary/aromatic N) is 3. The third-order valence-corrected chi connectivity index (χ3v) is 13.7. The number of oxime groups is 1. The molecule has 3 aliphatic rings. The van der Waals surface area contributed by atoms with Gasteiger partial charge in [-0.3, -0.25) is 4.79 Å². The number of hydrogen-bond donors (Lipinski definition) is 5. The fourth-order valence-corrected chi connectivity index (χ4v) is 9.70. The number of para-hydroxylation sites is 1. The van der Waals surface area contributed by atoms with Gasteiger partial charge in [0.1, 0.15) is 30.5 Å². The molecule has 0 amide bonds. The Morgan fingerprint density at radius 3 is 2.13 bits per heavy atom. The average Bonchev–Trinajstić information content (AvgIpc) is 3.22. The Labute approximate surface area is 369 Å². The van der Waals surface area contributed by atoms with Crippen molar-refractivity contribution in [2.75, 3.05) is 46.3 Å². The van der Waals surface area contributed by atoms with Crippen LogP contribution in [0.2, 0.25) is 0 Å². The van der Waals surface area contributed by atoms with Crippen molar-refractivity contribution in [3.63, 3.8) is 0 Å². The van der Waals surface area contributed by atoms with Gasteiger partial charge in [0.15, 0.2) is 12.6 Å². The van der Waals surface area contributed by atoms with Crippen molar-refractivity contribution >= 4 is 17.4 Å². The number of aliphatic hydroxyl groups excluding tert-OH is 3. The topological polar surface area (TPSA) is 202 Å². The zero-order chi connectivity index (χ0) is 46.5. The van der Waals surface area contributed by atoms with Gasteiger partial charge in [0.05, 0.1) is 59.9 Å².